The second-order valence-electron chi connectivity index (χ2n) is 6.40. The van der Waals surface area contributed by atoms with Gasteiger partial charge in [0, 0.05) is 24.3 Å². The van der Waals surface area contributed by atoms with E-state index in [0.717, 1.165) is 35.3 Å². The maximum Gasteiger partial charge on any atom is 0.224 e. The molecule has 2 unspecified atom stereocenters. The molecule has 3 heteroatoms. The average Bonchev–Trinajstić information content (AvgIpc) is 2.48. The van der Waals surface area contributed by atoms with Gasteiger partial charge >= 0.3 is 0 Å². The zero-order valence-corrected chi connectivity index (χ0v) is 13.5. The van der Waals surface area contributed by atoms with Gasteiger partial charge in [-0.05, 0) is 49.3 Å². The van der Waals surface area contributed by atoms with Gasteiger partial charge in [-0.1, -0.05) is 32.8 Å². The predicted octanol–water partition coefficient (Wildman–Crippen LogP) is 4.58. The Bertz CT molecular complexity index is 484. The van der Waals surface area contributed by atoms with E-state index in [2.05, 4.69) is 30.5 Å². The van der Waals surface area contributed by atoms with Crippen LogP contribution in [-0.2, 0) is 4.79 Å². The number of hydrogen-bond acceptors (Lipinski definition) is 2. The minimum atomic E-state index is 0.0661. The fourth-order valence-corrected chi connectivity index (χ4v) is 3.20. The maximum atomic E-state index is 11.6. The van der Waals surface area contributed by atoms with E-state index in [1.165, 1.54) is 25.7 Å². The number of amides is 1. The molecule has 21 heavy (non-hydrogen) atoms. The highest BCUT2D eigenvalue weighted by atomic mass is 16.1. The van der Waals surface area contributed by atoms with Crippen molar-refractivity contribution in [2.75, 3.05) is 17.2 Å². The number of benzene rings is 1. The van der Waals surface area contributed by atoms with Crippen LogP contribution in [0.2, 0.25) is 0 Å². The second kappa shape index (κ2) is 7.48. The van der Waals surface area contributed by atoms with Crippen LogP contribution in [0.25, 0.3) is 0 Å². The van der Waals surface area contributed by atoms with Gasteiger partial charge in [0.25, 0.3) is 0 Å². The standard InChI is InChI=1S/C18H28N2O/c1-4-18(21)20-17-10-6-9-16(14(17)3)19-12-15-8-5-7-13(2)11-15/h6,9-10,13,15,19H,4-5,7-8,11-12H2,1-3H3,(H,20,21). The highest BCUT2D eigenvalue weighted by molar-refractivity contribution is 5.92. The Balaban J connectivity index is 1.96. The molecule has 1 aliphatic carbocycles. The first-order valence-electron chi connectivity index (χ1n) is 8.23. The van der Waals surface area contributed by atoms with Gasteiger partial charge in [-0.25, -0.2) is 0 Å². The summed E-state index contributed by atoms with van der Waals surface area (Å²) in [5.41, 5.74) is 3.19. The summed E-state index contributed by atoms with van der Waals surface area (Å²) in [7, 11) is 0. The first-order valence-corrected chi connectivity index (χ1v) is 8.23. The van der Waals surface area contributed by atoms with Crippen LogP contribution in [0.15, 0.2) is 18.2 Å². The van der Waals surface area contributed by atoms with Crippen molar-refractivity contribution in [2.45, 2.75) is 52.9 Å². The molecule has 0 spiro atoms. The van der Waals surface area contributed by atoms with Crippen molar-refractivity contribution < 1.29 is 4.79 Å². The van der Waals surface area contributed by atoms with E-state index in [4.69, 9.17) is 0 Å². The summed E-state index contributed by atoms with van der Waals surface area (Å²) in [6.45, 7) is 7.34. The van der Waals surface area contributed by atoms with Crippen molar-refractivity contribution in [1.82, 2.24) is 0 Å². The van der Waals surface area contributed by atoms with E-state index in [0.29, 0.717) is 6.42 Å². The molecule has 0 bridgehead atoms. The molecule has 116 valence electrons. The van der Waals surface area contributed by atoms with Crippen molar-refractivity contribution in [3.05, 3.63) is 23.8 Å². The molecular formula is C18H28N2O. The molecule has 0 radical (unpaired) electrons. The summed E-state index contributed by atoms with van der Waals surface area (Å²) >= 11 is 0. The quantitative estimate of drug-likeness (QED) is 0.832. The Morgan fingerprint density at radius 1 is 1.29 bits per heavy atom. The van der Waals surface area contributed by atoms with Crippen LogP contribution in [0.3, 0.4) is 0 Å². The number of hydrogen-bond donors (Lipinski definition) is 2. The molecule has 2 rings (SSSR count). The molecule has 2 atom stereocenters. The minimum absolute atomic E-state index is 0.0661. The van der Waals surface area contributed by atoms with E-state index in [1.807, 2.05) is 19.1 Å². The van der Waals surface area contributed by atoms with Crippen molar-refractivity contribution >= 4 is 17.3 Å². The number of carbonyl (C=O) groups is 1. The third-order valence-corrected chi connectivity index (χ3v) is 4.56. The molecule has 0 aromatic heterocycles. The van der Waals surface area contributed by atoms with Crippen LogP contribution < -0.4 is 10.6 Å². The fourth-order valence-electron chi connectivity index (χ4n) is 3.20. The molecule has 1 aromatic carbocycles. The molecule has 0 aliphatic heterocycles. The minimum Gasteiger partial charge on any atom is -0.384 e. The van der Waals surface area contributed by atoms with Crippen LogP contribution >= 0.6 is 0 Å². The van der Waals surface area contributed by atoms with Gasteiger partial charge in [0.2, 0.25) is 5.91 Å². The van der Waals surface area contributed by atoms with E-state index in [-0.39, 0.29) is 5.91 Å². The SMILES string of the molecule is CCC(=O)Nc1cccc(NCC2CCCC(C)C2)c1C. The first-order chi connectivity index (χ1) is 10.1. The normalized spacial score (nSPS) is 21.9. The van der Waals surface area contributed by atoms with Crippen molar-refractivity contribution in [3.63, 3.8) is 0 Å². The fraction of sp³-hybridized carbons (Fsp3) is 0.611. The summed E-state index contributed by atoms with van der Waals surface area (Å²) in [5, 5.41) is 6.55. The van der Waals surface area contributed by atoms with E-state index < -0.39 is 0 Å². The lowest BCUT2D eigenvalue weighted by Crippen LogP contribution is -2.21. The number of nitrogens with one attached hydrogen (secondary N) is 2. The smallest absolute Gasteiger partial charge is 0.224 e. The van der Waals surface area contributed by atoms with Gasteiger partial charge in [0.15, 0.2) is 0 Å². The average molecular weight is 288 g/mol. The number of rotatable bonds is 5. The van der Waals surface area contributed by atoms with Crippen LogP contribution in [0.5, 0.6) is 0 Å². The number of carbonyl (C=O) groups excluding carboxylic acids is 1. The molecule has 0 saturated heterocycles. The molecule has 1 aliphatic rings. The zero-order chi connectivity index (χ0) is 15.2. The summed E-state index contributed by atoms with van der Waals surface area (Å²) in [5.74, 6) is 1.71. The van der Waals surface area contributed by atoms with Gasteiger partial charge in [0.1, 0.15) is 0 Å². The molecule has 1 saturated carbocycles. The Kier molecular flexibility index (Phi) is 5.66. The lowest BCUT2D eigenvalue weighted by atomic mass is 9.82. The topological polar surface area (TPSA) is 41.1 Å². The Labute approximate surface area is 128 Å². The monoisotopic (exact) mass is 288 g/mol. The van der Waals surface area contributed by atoms with E-state index in [1.54, 1.807) is 0 Å². The lowest BCUT2D eigenvalue weighted by molar-refractivity contribution is -0.115. The molecule has 2 N–H and O–H groups in total. The summed E-state index contributed by atoms with van der Waals surface area (Å²) in [6, 6.07) is 6.07. The lowest BCUT2D eigenvalue weighted by Gasteiger charge is -2.27. The summed E-state index contributed by atoms with van der Waals surface area (Å²) in [6.07, 6.45) is 5.92. The Morgan fingerprint density at radius 2 is 2.05 bits per heavy atom. The van der Waals surface area contributed by atoms with Gasteiger partial charge in [-0.15, -0.1) is 0 Å². The highest BCUT2D eigenvalue weighted by Crippen LogP contribution is 2.30. The third kappa shape index (κ3) is 4.48. The van der Waals surface area contributed by atoms with Crippen molar-refractivity contribution in [3.8, 4) is 0 Å². The van der Waals surface area contributed by atoms with E-state index in [9.17, 15) is 4.79 Å². The van der Waals surface area contributed by atoms with Crippen molar-refractivity contribution in [1.29, 1.82) is 0 Å². The number of anilines is 2. The zero-order valence-electron chi connectivity index (χ0n) is 13.5. The molecule has 3 nitrogen and oxygen atoms in total. The van der Waals surface area contributed by atoms with Gasteiger partial charge in [-0.2, -0.15) is 0 Å². The Hall–Kier alpha value is -1.51. The molecule has 1 aromatic rings. The second-order valence-corrected chi connectivity index (χ2v) is 6.40. The molecule has 0 heterocycles. The van der Waals surface area contributed by atoms with Crippen LogP contribution in [0.4, 0.5) is 11.4 Å². The van der Waals surface area contributed by atoms with Gasteiger partial charge in [-0.3, -0.25) is 4.79 Å². The molecule has 1 fully saturated rings. The maximum absolute atomic E-state index is 11.6. The molecule has 1 amide bonds. The Morgan fingerprint density at radius 3 is 2.76 bits per heavy atom. The third-order valence-electron chi connectivity index (χ3n) is 4.56. The highest BCUT2D eigenvalue weighted by Gasteiger charge is 2.18. The summed E-state index contributed by atoms with van der Waals surface area (Å²) < 4.78 is 0. The van der Waals surface area contributed by atoms with Crippen LogP contribution in [-0.4, -0.2) is 12.5 Å². The van der Waals surface area contributed by atoms with Gasteiger partial charge < -0.3 is 10.6 Å². The summed E-state index contributed by atoms with van der Waals surface area (Å²) in [4.78, 5) is 11.6. The van der Waals surface area contributed by atoms with Crippen LogP contribution in [0, 0.1) is 18.8 Å². The predicted molar refractivity (Wildman–Crippen MR) is 89.7 cm³/mol. The largest absolute Gasteiger partial charge is 0.384 e. The van der Waals surface area contributed by atoms with Crippen molar-refractivity contribution in [2.24, 2.45) is 11.8 Å². The van der Waals surface area contributed by atoms with Crippen LogP contribution in [0.1, 0.15) is 51.5 Å². The first kappa shape index (κ1) is 15.9. The van der Waals surface area contributed by atoms with E-state index >= 15 is 0 Å². The van der Waals surface area contributed by atoms with Gasteiger partial charge in [0.05, 0.1) is 0 Å². The molecular weight excluding hydrogens is 260 g/mol.